The number of carbonyl (C=O) groups excluding carboxylic acids is 1. The first kappa shape index (κ1) is 21.1. The summed E-state index contributed by atoms with van der Waals surface area (Å²) in [6.45, 7) is 1.36. The highest BCUT2D eigenvalue weighted by atomic mass is 35.5. The van der Waals surface area contributed by atoms with Gasteiger partial charge in [0.2, 0.25) is 0 Å². The largest absolute Gasteiger partial charge is 0.479 e. The summed E-state index contributed by atoms with van der Waals surface area (Å²) in [5.41, 5.74) is 1.92. The molecule has 2 aromatic carbocycles. The third-order valence-electron chi connectivity index (χ3n) is 4.03. The zero-order chi connectivity index (χ0) is 19.8. The number of carbonyl (C=O) groups is 2. The molecule has 5 nitrogen and oxygen atoms in total. The summed E-state index contributed by atoms with van der Waals surface area (Å²) in [5.74, 6) is -2.34. The lowest BCUT2D eigenvalue weighted by molar-refractivity contribution is -0.156. The van der Waals surface area contributed by atoms with Crippen LogP contribution in [-0.2, 0) is 14.3 Å². The van der Waals surface area contributed by atoms with Crippen molar-refractivity contribution in [1.82, 2.24) is 0 Å². The van der Waals surface area contributed by atoms with Crippen LogP contribution in [0.25, 0.3) is 0 Å². The number of hydrogen-bond donors (Lipinski definition) is 2. The quantitative estimate of drug-likeness (QED) is 0.524. The molecule has 1 atom stereocenters. The molecule has 0 aliphatic carbocycles. The van der Waals surface area contributed by atoms with Crippen LogP contribution in [0.15, 0.2) is 42.5 Å². The fourth-order valence-electron chi connectivity index (χ4n) is 2.71. The minimum absolute atomic E-state index is 0.455. The van der Waals surface area contributed by atoms with E-state index in [0.29, 0.717) is 33.4 Å². The summed E-state index contributed by atoms with van der Waals surface area (Å²) in [7, 11) is 0. The Bertz CT molecular complexity index is 790. The molecule has 27 heavy (non-hydrogen) atoms. The number of anilines is 2. The molecule has 0 aliphatic rings. The van der Waals surface area contributed by atoms with Gasteiger partial charge in [-0.15, -0.1) is 0 Å². The summed E-state index contributed by atoms with van der Waals surface area (Å²) in [5, 5.41) is 12.9. The second-order valence-corrected chi connectivity index (χ2v) is 6.82. The van der Waals surface area contributed by atoms with Crippen molar-refractivity contribution >= 4 is 46.5 Å². The first-order valence-electron chi connectivity index (χ1n) is 8.62. The normalized spacial score (nSPS) is 11.7. The van der Waals surface area contributed by atoms with Gasteiger partial charge in [-0.25, -0.2) is 4.79 Å². The van der Waals surface area contributed by atoms with Crippen LogP contribution in [0.3, 0.4) is 0 Å². The van der Waals surface area contributed by atoms with Crippen molar-refractivity contribution in [3.63, 3.8) is 0 Å². The van der Waals surface area contributed by atoms with Crippen LogP contribution in [0.5, 0.6) is 0 Å². The Morgan fingerprint density at radius 3 is 2.41 bits per heavy atom. The SMILES string of the molecule is CCCCC(C(=O)OCC(=O)O)c1ccccc1Nc1c(Cl)cccc1Cl. The van der Waals surface area contributed by atoms with Gasteiger partial charge in [0.1, 0.15) is 0 Å². The summed E-state index contributed by atoms with van der Waals surface area (Å²) in [6.07, 6.45) is 2.24. The Balaban J connectivity index is 2.36. The Morgan fingerprint density at radius 1 is 1.11 bits per heavy atom. The number of esters is 1. The van der Waals surface area contributed by atoms with Gasteiger partial charge in [-0.05, 0) is 30.2 Å². The van der Waals surface area contributed by atoms with Crippen LogP contribution in [0, 0.1) is 0 Å². The number of aliphatic carboxylic acids is 1. The zero-order valence-corrected chi connectivity index (χ0v) is 16.4. The fraction of sp³-hybridized carbons (Fsp3) is 0.300. The van der Waals surface area contributed by atoms with Crippen LogP contribution in [0.1, 0.15) is 37.7 Å². The summed E-state index contributed by atoms with van der Waals surface area (Å²) < 4.78 is 4.95. The summed E-state index contributed by atoms with van der Waals surface area (Å²) >= 11 is 12.5. The molecule has 144 valence electrons. The average Bonchev–Trinajstić information content (AvgIpc) is 2.64. The molecule has 0 amide bonds. The Morgan fingerprint density at radius 2 is 1.78 bits per heavy atom. The number of carboxylic acids is 1. The van der Waals surface area contributed by atoms with E-state index >= 15 is 0 Å². The van der Waals surface area contributed by atoms with Crippen LogP contribution in [0.4, 0.5) is 11.4 Å². The van der Waals surface area contributed by atoms with Gasteiger partial charge < -0.3 is 15.2 Å². The van der Waals surface area contributed by atoms with Gasteiger partial charge in [0.05, 0.1) is 21.7 Å². The first-order valence-corrected chi connectivity index (χ1v) is 9.38. The van der Waals surface area contributed by atoms with Crippen LogP contribution >= 0.6 is 23.2 Å². The van der Waals surface area contributed by atoms with E-state index in [2.05, 4.69) is 5.32 Å². The highest BCUT2D eigenvalue weighted by Gasteiger charge is 2.25. The van der Waals surface area contributed by atoms with Gasteiger partial charge in [-0.1, -0.05) is 67.2 Å². The molecular weight excluding hydrogens is 389 g/mol. The van der Waals surface area contributed by atoms with E-state index in [4.69, 9.17) is 33.0 Å². The minimum atomic E-state index is -1.19. The fourth-order valence-corrected chi connectivity index (χ4v) is 3.20. The van der Waals surface area contributed by atoms with Crippen molar-refractivity contribution in [2.45, 2.75) is 32.1 Å². The summed E-state index contributed by atoms with van der Waals surface area (Å²) in [4.78, 5) is 23.3. The van der Waals surface area contributed by atoms with E-state index in [1.54, 1.807) is 18.2 Å². The van der Waals surface area contributed by atoms with Crippen molar-refractivity contribution in [1.29, 1.82) is 0 Å². The third-order valence-corrected chi connectivity index (χ3v) is 4.66. The van der Waals surface area contributed by atoms with E-state index in [1.165, 1.54) is 0 Å². The number of halogens is 2. The van der Waals surface area contributed by atoms with Crippen LogP contribution in [0.2, 0.25) is 10.0 Å². The highest BCUT2D eigenvalue weighted by Crippen LogP contribution is 2.36. The zero-order valence-electron chi connectivity index (χ0n) is 14.9. The van der Waals surface area contributed by atoms with E-state index in [9.17, 15) is 9.59 Å². The molecule has 2 N–H and O–H groups in total. The van der Waals surface area contributed by atoms with Gasteiger partial charge in [-0.2, -0.15) is 0 Å². The Kier molecular flexibility index (Phi) is 7.95. The van der Waals surface area contributed by atoms with Crippen molar-refractivity contribution in [3.05, 3.63) is 58.1 Å². The Labute approximate surface area is 168 Å². The first-order chi connectivity index (χ1) is 12.9. The maximum atomic E-state index is 12.5. The maximum Gasteiger partial charge on any atom is 0.341 e. The van der Waals surface area contributed by atoms with E-state index in [0.717, 1.165) is 12.8 Å². The second kappa shape index (κ2) is 10.2. The number of nitrogens with one attached hydrogen (secondary N) is 1. The molecule has 0 saturated heterocycles. The molecule has 2 rings (SSSR count). The van der Waals surface area contributed by atoms with Crippen LogP contribution in [-0.4, -0.2) is 23.7 Å². The van der Waals surface area contributed by atoms with Crippen molar-refractivity contribution in [3.8, 4) is 0 Å². The Hall–Kier alpha value is -2.24. The van der Waals surface area contributed by atoms with E-state index in [-0.39, 0.29) is 0 Å². The number of benzene rings is 2. The minimum Gasteiger partial charge on any atom is -0.479 e. The average molecular weight is 410 g/mol. The molecule has 0 bridgehead atoms. The van der Waals surface area contributed by atoms with Crippen molar-refractivity contribution in [2.24, 2.45) is 0 Å². The number of unbranched alkanes of at least 4 members (excludes halogenated alkanes) is 1. The van der Waals surface area contributed by atoms with E-state index in [1.807, 2.05) is 31.2 Å². The second-order valence-electron chi connectivity index (χ2n) is 6.01. The molecule has 7 heteroatoms. The lowest BCUT2D eigenvalue weighted by Crippen LogP contribution is -2.20. The monoisotopic (exact) mass is 409 g/mol. The lowest BCUT2D eigenvalue weighted by atomic mass is 9.92. The molecule has 0 saturated carbocycles. The van der Waals surface area contributed by atoms with E-state index < -0.39 is 24.5 Å². The predicted molar refractivity (Wildman–Crippen MR) is 107 cm³/mol. The van der Waals surface area contributed by atoms with Gasteiger partial charge in [0.15, 0.2) is 6.61 Å². The smallest absolute Gasteiger partial charge is 0.341 e. The number of rotatable bonds is 9. The van der Waals surface area contributed by atoms with Crippen molar-refractivity contribution < 1.29 is 19.4 Å². The molecule has 2 aromatic rings. The predicted octanol–water partition coefficient (Wildman–Crippen LogP) is 5.64. The maximum absolute atomic E-state index is 12.5. The molecule has 0 aromatic heterocycles. The molecular formula is C20H21Cl2NO4. The number of carboxylic acid groups (broad SMARTS) is 1. The molecule has 0 fully saturated rings. The van der Waals surface area contributed by atoms with Crippen LogP contribution < -0.4 is 5.32 Å². The third kappa shape index (κ3) is 5.88. The molecule has 0 aliphatic heterocycles. The van der Waals surface area contributed by atoms with Gasteiger partial charge >= 0.3 is 11.9 Å². The summed E-state index contributed by atoms with van der Waals surface area (Å²) in [6, 6.07) is 12.5. The number of ether oxygens (including phenoxy) is 1. The van der Waals surface area contributed by atoms with Gasteiger partial charge in [0, 0.05) is 5.69 Å². The van der Waals surface area contributed by atoms with Crippen molar-refractivity contribution in [2.75, 3.05) is 11.9 Å². The molecule has 0 heterocycles. The van der Waals surface area contributed by atoms with Gasteiger partial charge in [0.25, 0.3) is 0 Å². The molecule has 0 radical (unpaired) electrons. The highest BCUT2D eigenvalue weighted by molar-refractivity contribution is 6.39. The number of hydrogen-bond acceptors (Lipinski definition) is 4. The molecule has 1 unspecified atom stereocenters. The standard InChI is InChI=1S/C20H21Cl2NO4/c1-2-3-7-14(20(26)27-12-18(24)25)13-8-4-5-11-17(13)23-19-15(21)9-6-10-16(19)22/h4-6,8-11,14,23H,2-3,7,12H2,1H3,(H,24,25). The lowest BCUT2D eigenvalue weighted by Gasteiger charge is -2.20. The molecule has 0 spiro atoms. The van der Waals surface area contributed by atoms with Gasteiger partial charge in [-0.3, -0.25) is 4.79 Å². The topological polar surface area (TPSA) is 75.6 Å². The number of para-hydroxylation sites is 2.